The van der Waals surface area contributed by atoms with Crippen molar-refractivity contribution in [3.63, 3.8) is 0 Å². The van der Waals surface area contributed by atoms with Gasteiger partial charge in [-0.05, 0) is 30.2 Å². The molecule has 1 aliphatic heterocycles. The van der Waals surface area contributed by atoms with Crippen LogP contribution < -0.4 is 14.2 Å². The van der Waals surface area contributed by atoms with E-state index in [0.717, 1.165) is 16.1 Å². The molecule has 21 heavy (non-hydrogen) atoms. The second kappa shape index (κ2) is 6.91. The van der Waals surface area contributed by atoms with Gasteiger partial charge in [-0.2, -0.15) is 0 Å². The number of hydrogen-bond donors (Lipinski definition) is 0. The maximum Gasteiger partial charge on any atom is 0.244 e. The van der Waals surface area contributed by atoms with Gasteiger partial charge in [-0.1, -0.05) is 0 Å². The smallest absolute Gasteiger partial charge is 0.244 e. The van der Waals surface area contributed by atoms with Gasteiger partial charge in [-0.15, -0.1) is 11.8 Å². The van der Waals surface area contributed by atoms with Crippen LogP contribution in [0.3, 0.4) is 0 Å². The lowest BCUT2D eigenvalue weighted by molar-refractivity contribution is -0.107. The molecule has 0 atom stereocenters. The molecule has 0 fully saturated rings. The Labute approximate surface area is 131 Å². The minimum Gasteiger partial charge on any atom is -0.496 e. The lowest BCUT2D eigenvalue weighted by atomic mass is 10.1. The van der Waals surface area contributed by atoms with Crippen molar-refractivity contribution in [2.24, 2.45) is 4.99 Å². The van der Waals surface area contributed by atoms with Crippen LogP contribution in [0, 0.1) is 0 Å². The summed E-state index contributed by atoms with van der Waals surface area (Å²) < 4.78 is 16.6. The largest absolute Gasteiger partial charge is 0.496 e. The van der Waals surface area contributed by atoms with Gasteiger partial charge in [0, 0.05) is 11.6 Å². The van der Waals surface area contributed by atoms with Crippen molar-refractivity contribution in [2.75, 3.05) is 27.6 Å². The van der Waals surface area contributed by atoms with Gasteiger partial charge in [-0.3, -0.25) is 4.79 Å². The fraction of sp³-hybridized carbons (Fsp3) is 0.286. The van der Waals surface area contributed by atoms with Gasteiger partial charge >= 0.3 is 0 Å². The molecular formula is C14H15NO4S2. The number of carbonyl (C=O) groups excluding carboxylic acids is 1. The molecular weight excluding hydrogens is 310 g/mol. The lowest BCUT2D eigenvalue weighted by Crippen LogP contribution is -1.95. The van der Waals surface area contributed by atoms with Crippen molar-refractivity contribution >= 4 is 39.1 Å². The highest BCUT2D eigenvalue weighted by molar-refractivity contribution is 8.45. The quantitative estimate of drug-likeness (QED) is 0.793. The second-order valence-electron chi connectivity index (χ2n) is 3.95. The molecule has 0 saturated heterocycles. The molecule has 2 rings (SSSR count). The second-order valence-corrected chi connectivity index (χ2v) is 5.97. The van der Waals surface area contributed by atoms with Crippen LogP contribution >= 0.6 is 23.5 Å². The number of ether oxygens (including phenoxy) is 3. The summed E-state index contributed by atoms with van der Waals surface area (Å²) >= 11 is 2.58. The third-order valence-electron chi connectivity index (χ3n) is 2.80. The molecule has 0 aliphatic carbocycles. The van der Waals surface area contributed by atoms with Crippen LogP contribution in [-0.2, 0) is 4.79 Å². The van der Waals surface area contributed by atoms with Crippen LogP contribution in [0.2, 0.25) is 0 Å². The van der Waals surface area contributed by atoms with E-state index in [-0.39, 0.29) is 5.12 Å². The summed E-state index contributed by atoms with van der Waals surface area (Å²) in [7, 11) is 4.68. The number of thioether (sulfide) groups is 2. The molecule has 0 N–H and O–H groups in total. The van der Waals surface area contributed by atoms with Gasteiger partial charge < -0.3 is 14.2 Å². The van der Waals surface area contributed by atoms with Gasteiger partial charge in [0.1, 0.15) is 15.8 Å². The molecule has 1 aromatic carbocycles. The first-order valence-corrected chi connectivity index (χ1v) is 8.03. The van der Waals surface area contributed by atoms with Crippen molar-refractivity contribution in [3.8, 4) is 17.2 Å². The fourth-order valence-electron chi connectivity index (χ4n) is 1.79. The monoisotopic (exact) mass is 325 g/mol. The summed E-state index contributed by atoms with van der Waals surface area (Å²) in [6.07, 6.45) is 3.58. The number of aliphatic imine (C=N–C) groups is 1. The molecule has 0 unspecified atom stereocenters. The van der Waals surface area contributed by atoms with E-state index in [2.05, 4.69) is 4.99 Å². The minimum absolute atomic E-state index is 0.0730. The Balaban J connectivity index is 2.48. The van der Waals surface area contributed by atoms with Crippen LogP contribution in [0.4, 0.5) is 0 Å². The molecule has 1 heterocycles. The lowest BCUT2D eigenvalue weighted by Gasteiger charge is -2.12. The molecule has 0 bridgehead atoms. The molecule has 0 spiro atoms. The van der Waals surface area contributed by atoms with E-state index in [4.69, 9.17) is 14.2 Å². The van der Waals surface area contributed by atoms with E-state index in [1.54, 1.807) is 39.5 Å². The van der Waals surface area contributed by atoms with E-state index < -0.39 is 0 Å². The predicted molar refractivity (Wildman–Crippen MR) is 87.6 cm³/mol. The third-order valence-corrected chi connectivity index (χ3v) is 4.65. The number of benzene rings is 1. The summed E-state index contributed by atoms with van der Waals surface area (Å²) in [6, 6.07) is 3.48. The highest BCUT2D eigenvalue weighted by Crippen LogP contribution is 2.37. The topological polar surface area (TPSA) is 57.1 Å². The maximum absolute atomic E-state index is 11.9. The van der Waals surface area contributed by atoms with Crippen molar-refractivity contribution in [1.29, 1.82) is 0 Å². The molecule has 0 radical (unpaired) electrons. The molecule has 1 aromatic rings. The Morgan fingerprint density at radius 1 is 1.10 bits per heavy atom. The highest BCUT2D eigenvalue weighted by atomic mass is 32.2. The molecule has 0 saturated carbocycles. The Hall–Kier alpha value is -1.60. The zero-order valence-corrected chi connectivity index (χ0v) is 13.8. The first-order chi connectivity index (χ1) is 10.1. The third kappa shape index (κ3) is 3.36. The molecule has 0 amide bonds. The fourth-order valence-corrected chi connectivity index (χ4v) is 3.05. The van der Waals surface area contributed by atoms with Crippen LogP contribution in [-0.4, -0.2) is 37.1 Å². The Kier molecular flexibility index (Phi) is 5.19. The number of carbonyl (C=O) groups is 1. The highest BCUT2D eigenvalue weighted by Gasteiger charge is 2.22. The summed E-state index contributed by atoms with van der Waals surface area (Å²) in [4.78, 5) is 16.2. The number of nitrogens with zero attached hydrogens (tertiary/aromatic N) is 1. The summed E-state index contributed by atoms with van der Waals surface area (Å²) in [6.45, 7) is 0. The Morgan fingerprint density at radius 2 is 1.71 bits per heavy atom. The zero-order chi connectivity index (χ0) is 15.4. The van der Waals surface area contributed by atoms with E-state index in [1.807, 2.05) is 6.26 Å². The summed E-state index contributed by atoms with van der Waals surface area (Å²) in [5, 5.41) is -0.0730. The average molecular weight is 325 g/mol. The van der Waals surface area contributed by atoms with Crippen LogP contribution in [0.1, 0.15) is 5.56 Å². The first-order valence-electron chi connectivity index (χ1n) is 5.99. The van der Waals surface area contributed by atoms with Gasteiger partial charge in [0.05, 0.1) is 21.3 Å². The van der Waals surface area contributed by atoms with Crippen molar-refractivity contribution < 1.29 is 19.0 Å². The molecule has 112 valence electrons. The number of hydrogen-bond acceptors (Lipinski definition) is 7. The number of methoxy groups -OCH3 is 3. The van der Waals surface area contributed by atoms with E-state index >= 15 is 0 Å². The van der Waals surface area contributed by atoms with Crippen LogP contribution in [0.15, 0.2) is 22.8 Å². The van der Waals surface area contributed by atoms with E-state index in [1.165, 1.54) is 11.8 Å². The van der Waals surface area contributed by atoms with E-state index in [0.29, 0.717) is 28.5 Å². The first kappa shape index (κ1) is 15.8. The van der Waals surface area contributed by atoms with E-state index in [9.17, 15) is 4.79 Å². The SMILES string of the molecule is COc1cc(OC)c(OC)cc1/C=C1/N=C(SC)SC1=O. The van der Waals surface area contributed by atoms with Crippen molar-refractivity contribution in [2.45, 2.75) is 0 Å². The normalized spacial score (nSPS) is 16.1. The average Bonchev–Trinajstić information content (AvgIpc) is 2.87. The van der Waals surface area contributed by atoms with Gasteiger partial charge in [0.25, 0.3) is 0 Å². The van der Waals surface area contributed by atoms with Crippen molar-refractivity contribution in [3.05, 3.63) is 23.4 Å². The summed E-state index contributed by atoms with van der Waals surface area (Å²) in [5.41, 5.74) is 1.11. The van der Waals surface area contributed by atoms with Crippen LogP contribution in [0.5, 0.6) is 17.2 Å². The Morgan fingerprint density at radius 3 is 2.24 bits per heavy atom. The number of rotatable bonds is 4. The summed E-state index contributed by atoms with van der Waals surface area (Å²) in [5.74, 6) is 1.72. The minimum atomic E-state index is -0.0730. The maximum atomic E-state index is 11.9. The Bertz CT molecular complexity index is 626. The van der Waals surface area contributed by atoms with Gasteiger partial charge in [-0.25, -0.2) is 4.99 Å². The molecule has 5 nitrogen and oxygen atoms in total. The molecule has 0 aromatic heterocycles. The predicted octanol–water partition coefficient (Wildman–Crippen LogP) is 3.05. The van der Waals surface area contributed by atoms with Gasteiger partial charge in [0.2, 0.25) is 5.12 Å². The van der Waals surface area contributed by atoms with Gasteiger partial charge in [0.15, 0.2) is 11.5 Å². The van der Waals surface area contributed by atoms with Crippen LogP contribution in [0.25, 0.3) is 6.08 Å². The zero-order valence-electron chi connectivity index (χ0n) is 12.1. The molecule has 1 aliphatic rings. The molecule has 7 heteroatoms. The standard InChI is InChI=1S/C14H15NO4S2/c1-17-10-7-12(19-3)11(18-2)6-8(10)5-9-13(16)21-14(15-9)20-4/h5-7H,1-4H3/b9-5+. The van der Waals surface area contributed by atoms with Crippen molar-refractivity contribution in [1.82, 2.24) is 0 Å².